The van der Waals surface area contributed by atoms with Crippen molar-refractivity contribution < 1.29 is 19.1 Å². The van der Waals surface area contributed by atoms with Crippen molar-refractivity contribution >= 4 is 11.7 Å². The summed E-state index contributed by atoms with van der Waals surface area (Å²) in [6, 6.07) is 6.08. The zero-order chi connectivity index (χ0) is 20.0. The van der Waals surface area contributed by atoms with Gasteiger partial charge in [-0.15, -0.1) is 0 Å². The van der Waals surface area contributed by atoms with Crippen LogP contribution in [-0.4, -0.2) is 42.9 Å². The van der Waals surface area contributed by atoms with E-state index in [1.165, 1.54) is 12.8 Å². The molecule has 29 heavy (non-hydrogen) atoms. The molecule has 5 heteroatoms. The summed E-state index contributed by atoms with van der Waals surface area (Å²) in [7, 11) is 1.67. The molecular formula is C24H29NO4. The van der Waals surface area contributed by atoms with Crippen LogP contribution >= 0.6 is 0 Å². The van der Waals surface area contributed by atoms with Crippen molar-refractivity contribution in [1.82, 2.24) is 4.90 Å². The van der Waals surface area contributed by atoms with Gasteiger partial charge in [0.05, 0.1) is 17.9 Å². The van der Waals surface area contributed by atoms with Crippen molar-refractivity contribution in [3.05, 3.63) is 23.8 Å². The number of fused-ring (bicyclic) bond motifs is 3. The molecule has 2 bridgehead atoms. The van der Waals surface area contributed by atoms with Crippen molar-refractivity contribution in [2.75, 3.05) is 20.2 Å². The zero-order valence-electron chi connectivity index (χ0n) is 17.3. The average molecular weight is 395 g/mol. The number of rotatable bonds is 4. The summed E-state index contributed by atoms with van der Waals surface area (Å²) in [4.78, 5) is 29.2. The number of ether oxygens (including phenoxy) is 2. The first kappa shape index (κ1) is 17.8. The molecule has 2 heterocycles. The van der Waals surface area contributed by atoms with Gasteiger partial charge in [-0.05, 0) is 63.4 Å². The highest BCUT2D eigenvalue weighted by molar-refractivity contribution is 5.94. The monoisotopic (exact) mass is 395 g/mol. The van der Waals surface area contributed by atoms with Gasteiger partial charge in [0, 0.05) is 24.6 Å². The van der Waals surface area contributed by atoms with Crippen molar-refractivity contribution in [1.29, 1.82) is 0 Å². The van der Waals surface area contributed by atoms with E-state index >= 15 is 0 Å². The standard InChI is InChI=1S/C24H29NO4/c1-14(26)18-12-16-8-9-24(18)22(27)25(13-15-6-7-15)11-10-23(24)17-4-3-5-19(28-2)20(17)29-21(16)23/h3-5,15-16,18,21H,6-13H2,1-2H3. The molecule has 7 rings (SSSR count). The number of carbonyl (C=O) groups excluding carboxylic acids is 2. The number of carbonyl (C=O) groups is 2. The lowest BCUT2D eigenvalue weighted by Crippen LogP contribution is -2.74. The zero-order valence-corrected chi connectivity index (χ0v) is 17.3. The number of hydrogen-bond acceptors (Lipinski definition) is 4. The second kappa shape index (κ2) is 5.77. The molecule has 5 fully saturated rings. The number of nitrogens with zero attached hydrogens (tertiary/aromatic N) is 1. The van der Waals surface area contributed by atoms with Gasteiger partial charge in [0.15, 0.2) is 11.5 Å². The lowest BCUT2D eigenvalue weighted by molar-refractivity contribution is -0.197. The summed E-state index contributed by atoms with van der Waals surface area (Å²) in [5.74, 6) is 2.72. The van der Waals surface area contributed by atoms with Crippen molar-refractivity contribution in [3.8, 4) is 11.5 Å². The number of amides is 1. The van der Waals surface area contributed by atoms with Crippen LogP contribution in [0.25, 0.3) is 0 Å². The number of hydrogen-bond donors (Lipinski definition) is 0. The number of benzene rings is 1. The fourth-order valence-electron chi connectivity index (χ4n) is 7.48. The predicted molar refractivity (Wildman–Crippen MR) is 107 cm³/mol. The molecule has 2 spiro atoms. The summed E-state index contributed by atoms with van der Waals surface area (Å²) in [6.45, 7) is 3.32. The Morgan fingerprint density at radius 3 is 2.79 bits per heavy atom. The minimum absolute atomic E-state index is 0.0230. The Morgan fingerprint density at radius 1 is 1.24 bits per heavy atom. The fourth-order valence-corrected chi connectivity index (χ4v) is 7.48. The fraction of sp³-hybridized carbons (Fsp3) is 0.667. The highest BCUT2D eigenvalue weighted by Gasteiger charge is 2.76. The third-order valence-electron chi connectivity index (χ3n) is 8.79. The van der Waals surface area contributed by atoms with E-state index in [1.807, 2.05) is 12.1 Å². The summed E-state index contributed by atoms with van der Waals surface area (Å²) in [6.07, 6.45) is 5.87. The molecule has 1 aromatic carbocycles. The SMILES string of the molecule is COc1cccc2c1OC1C3CCC4(C(=O)N(CC5CC5)CCC214)C(C(C)=O)C3. The molecule has 2 aliphatic heterocycles. The molecule has 0 radical (unpaired) electrons. The quantitative estimate of drug-likeness (QED) is 0.785. The van der Waals surface area contributed by atoms with E-state index in [9.17, 15) is 9.59 Å². The molecule has 0 aromatic heterocycles. The molecule has 6 aliphatic rings. The Kier molecular flexibility index (Phi) is 3.54. The first-order chi connectivity index (χ1) is 14.0. The molecular weight excluding hydrogens is 366 g/mol. The van der Waals surface area contributed by atoms with Gasteiger partial charge in [0.2, 0.25) is 5.91 Å². The van der Waals surface area contributed by atoms with Crippen LogP contribution in [-0.2, 0) is 15.0 Å². The van der Waals surface area contributed by atoms with E-state index in [0.717, 1.165) is 55.8 Å². The lowest BCUT2D eigenvalue weighted by Gasteiger charge is -2.65. The van der Waals surface area contributed by atoms with Crippen LogP contribution in [0.2, 0.25) is 0 Å². The maximum absolute atomic E-state index is 14.2. The van der Waals surface area contributed by atoms with Crippen LogP contribution in [0.4, 0.5) is 0 Å². The topological polar surface area (TPSA) is 55.8 Å². The Hall–Kier alpha value is -2.04. The smallest absolute Gasteiger partial charge is 0.230 e. The van der Waals surface area contributed by atoms with E-state index in [0.29, 0.717) is 11.8 Å². The van der Waals surface area contributed by atoms with Crippen molar-refractivity contribution in [2.45, 2.75) is 57.0 Å². The number of ketones is 1. The highest BCUT2D eigenvalue weighted by atomic mass is 16.5. The van der Waals surface area contributed by atoms with E-state index in [4.69, 9.17) is 9.47 Å². The lowest BCUT2D eigenvalue weighted by atomic mass is 9.38. The first-order valence-corrected chi connectivity index (χ1v) is 11.2. The Morgan fingerprint density at radius 2 is 2.07 bits per heavy atom. The van der Waals surface area contributed by atoms with E-state index in [1.54, 1.807) is 14.0 Å². The molecule has 0 N–H and O–H groups in total. The molecule has 4 saturated carbocycles. The molecule has 154 valence electrons. The number of piperidine rings is 1. The van der Waals surface area contributed by atoms with E-state index in [2.05, 4.69) is 11.0 Å². The summed E-state index contributed by atoms with van der Waals surface area (Å²) in [5, 5.41) is 0. The van der Waals surface area contributed by atoms with Gasteiger partial charge in [-0.2, -0.15) is 0 Å². The second-order valence-electron chi connectivity index (χ2n) is 9.96. The number of methoxy groups -OCH3 is 1. The molecule has 5 nitrogen and oxygen atoms in total. The van der Waals surface area contributed by atoms with Crippen LogP contribution in [0.15, 0.2) is 18.2 Å². The van der Waals surface area contributed by atoms with Gasteiger partial charge in [0.1, 0.15) is 11.9 Å². The molecule has 4 aliphatic carbocycles. The Bertz CT molecular complexity index is 908. The van der Waals surface area contributed by atoms with E-state index < -0.39 is 10.8 Å². The van der Waals surface area contributed by atoms with Gasteiger partial charge in [-0.25, -0.2) is 0 Å². The third kappa shape index (κ3) is 2.02. The van der Waals surface area contributed by atoms with Gasteiger partial charge < -0.3 is 14.4 Å². The van der Waals surface area contributed by atoms with Gasteiger partial charge in [0.25, 0.3) is 0 Å². The van der Waals surface area contributed by atoms with Crippen LogP contribution in [0, 0.1) is 23.2 Å². The normalized spacial score (nSPS) is 39.4. The summed E-state index contributed by atoms with van der Waals surface area (Å²) >= 11 is 0. The molecule has 1 aromatic rings. The summed E-state index contributed by atoms with van der Waals surface area (Å²) in [5.41, 5.74) is 0.0473. The molecule has 1 saturated heterocycles. The van der Waals surface area contributed by atoms with Crippen LogP contribution in [0.1, 0.15) is 51.0 Å². The first-order valence-electron chi connectivity index (χ1n) is 11.2. The maximum Gasteiger partial charge on any atom is 0.230 e. The second-order valence-corrected chi connectivity index (χ2v) is 9.96. The minimum atomic E-state index is -0.664. The van der Waals surface area contributed by atoms with Crippen LogP contribution in [0.5, 0.6) is 11.5 Å². The highest BCUT2D eigenvalue weighted by Crippen LogP contribution is 2.72. The summed E-state index contributed by atoms with van der Waals surface area (Å²) < 4.78 is 12.2. The minimum Gasteiger partial charge on any atom is -0.493 e. The molecule has 1 amide bonds. The molecule has 5 unspecified atom stereocenters. The predicted octanol–water partition coefficient (Wildman–Crippen LogP) is 3.34. The van der Waals surface area contributed by atoms with Gasteiger partial charge in [-0.1, -0.05) is 12.1 Å². The van der Waals surface area contributed by atoms with E-state index in [-0.39, 0.29) is 23.7 Å². The maximum atomic E-state index is 14.2. The van der Waals surface area contributed by atoms with Gasteiger partial charge >= 0.3 is 0 Å². The largest absolute Gasteiger partial charge is 0.493 e. The number of Topliss-reactive ketones (excluding diaryl/α,β-unsaturated/α-hetero) is 1. The van der Waals surface area contributed by atoms with Crippen molar-refractivity contribution in [3.63, 3.8) is 0 Å². The van der Waals surface area contributed by atoms with Crippen LogP contribution in [0.3, 0.4) is 0 Å². The average Bonchev–Trinajstić information content (AvgIpc) is 3.48. The van der Waals surface area contributed by atoms with Crippen molar-refractivity contribution in [2.24, 2.45) is 23.2 Å². The molecule has 5 atom stereocenters. The van der Waals surface area contributed by atoms with Gasteiger partial charge in [-0.3, -0.25) is 9.59 Å². The third-order valence-corrected chi connectivity index (χ3v) is 8.79. The Balaban J connectivity index is 1.57. The number of likely N-dealkylation sites (tertiary alicyclic amines) is 1. The Labute approximate surface area is 171 Å². The van der Waals surface area contributed by atoms with Crippen LogP contribution < -0.4 is 9.47 Å². The number of para-hydroxylation sites is 1.